The van der Waals surface area contributed by atoms with Crippen molar-refractivity contribution in [1.29, 1.82) is 0 Å². The van der Waals surface area contributed by atoms with Crippen molar-refractivity contribution >= 4 is 5.97 Å². The van der Waals surface area contributed by atoms with Crippen molar-refractivity contribution in [3.8, 4) is 0 Å². The summed E-state index contributed by atoms with van der Waals surface area (Å²) in [6.07, 6.45) is -3.38. The van der Waals surface area contributed by atoms with Crippen molar-refractivity contribution in [2.75, 3.05) is 6.54 Å². The van der Waals surface area contributed by atoms with E-state index in [9.17, 15) is 22.4 Å². The highest BCUT2D eigenvalue weighted by molar-refractivity contribution is 5.71. The van der Waals surface area contributed by atoms with E-state index in [-0.39, 0.29) is 18.2 Å². The number of rotatable bonds is 3. The van der Waals surface area contributed by atoms with Gasteiger partial charge in [0, 0.05) is 18.2 Å². The van der Waals surface area contributed by atoms with E-state index in [2.05, 4.69) is 0 Å². The van der Waals surface area contributed by atoms with Gasteiger partial charge in [0.1, 0.15) is 5.82 Å². The first-order chi connectivity index (χ1) is 10.2. The molecule has 0 aromatic heterocycles. The van der Waals surface area contributed by atoms with Crippen LogP contribution in [0.2, 0.25) is 0 Å². The number of carboxylic acids is 1. The molecular formula is C15H17F4NO2. The molecule has 0 amide bonds. The summed E-state index contributed by atoms with van der Waals surface area (Å²) in [7, 11) is 0. The molecule has 2 rings (SSSR count). The normalized spacial score (nSPS) is 23.5. The van der Waals surface area contributed by atoms with Crippen LogP contribution in [0.3, 0.4) is 0 Å². The topological polar surface area (TPSA) is 40.5 Å². The molecule has 1 aromatic carbocycles. The molecule has 1 heterocycles. The van der Waals surface area contributed by atoms with E-state index in [4.69, 9.17) is 5.11 Å². The van der Waals surface area contributed by atoms with Crippen LogP contribution in [0, 0.1) is 11.7 Å². The van der Waals surface area contributed by atoms with Gasteiger partial charge >= 0.3 is 12.1 Å². The highest BCUT2D eigenvalue weighted by atomic mass is 19.4. The zero-order valence-corrected chi connectivity index (χ0v) is 12.0. The number of halogens is 4. The Hall–Kier alpha value is -1.63. The van der Waals surface area contributed by atoms with Crippen molar-refractivity contribution < 1.29 is 27.5 Å². The summed E-state index contributed by atoms with van der Waals surface area (Å²) >= 11 is 0. The molecule has 1 saturated heterocycles. The zero-order chi connectivity index (χ0) is 16.5. The molecule has 0 radical (unpaired) electrons. The van der Waals surface area contributed by atoms with Crippen LogP contribution in [0.4, 0.5) is 17.6 Å². The SMILES string of the molecule is C[C@@H]1[C@H](C(=O)O)CCCN1Cc1cc(C(F)(F)F)ccc1F. The van der Waals surface area contributed by atoms with Crippen LogP contribution in [0.1, 0.15) is 30.9 Å². The highest BCUT2D eigenvalue weighted by Crippen LogP contribution is 2.32. The van der Waals surface area contributed by atoms with Gasteiger partial charge < -0.3 is 5.11 Å². The molecule has 0 spiro atoms. The van der Waals surface area contributed by atoms with Gasteiger partial charge in [0.25, 0.3) is 0 Å². The van der Waals surface area contributed by atoms with E-state index in [1.807, 2.05) is 0 Å². The van der Waals surface area contributed by atoms with Gasteiger partial charge in [-0.2, -0.15) is 13.2 Å². The van der Waals surface area contributed by atoms with Crippen molar-refractivity contribution in [3.63, 3.8) is 0 Å². The van der Waals surface area contributed by atoms with Crippen LogP contribution in [0.25, 0.3) is 0 Å². The van der Waals surface area contributed by atoms with Gasteiger partial charge in [-0.1, -0.05) is 0 Å². The first-order valence-corrected chi connectivity index (χ1v) is 7.02. The lowest BCUT2D eigenvalue weighted by Crippen LogP contribution is -2.45. The molecule has 1 fully saturated rings. The molecule has 0 saturated carbocycles. The van der Waals surface area contributed by atoms with Crippen LogP contribution >= 0.6 is 0 Å². The number of hydrogen-bond donors (Lipinski definition) is 1. The summed E-state index contributed by atoms with van der Waals surface area (Å²) in [5.74, 6) is -2.22. The number of likely N-dealkylation sites (tertiary alicyclic amines) is 1. The minimum atomic E-state index is -4.53. The largest absolute Gasteiger partial charge is 0.481 e. The van der Waals surface area contributed by atoms with E-state index < -0.39 is 29.4 Å². The lowest BCUT2D eigenvalue weighted by molar-refractivity contribution is -0.145. The second-order valence-electron chi connectivity index (χ2n) is 5.60. The highest BCUT2D eigenvalue weighted by Gasteiger charge is 2.34. The Bertz CT molecular complexity index is 559. The molecule has 1 aromatic rings. The quantitative estimate of drug-likeness (QED) is 0.867. The minimum Gasteiger partial charge on any atom is -0.481 e. The molecule has 0 bridgehead atoms. The molecule has 0 unspecified atom stereocenters. The molecule has 1 N–H and O–H groups in total. The Morgan fingerprint density at radius 2 is 2.09 bits per heavy atom. The summed E-state index contributed by atoms with van der Waals surface area (Å²) in [4.78, 5) is 12.9. The summed E-state index contributed by atoms with van der Waals surface area (Å²) < 4.78 is 51.9. The Morgan fingerprint density at radius 3 is 2.68 bits per heavy atom. The third-order valence-electron chi connectivity index (χ3n) is 4.18. The van der Waals surface area contributed by atoms with Gasteiger partial charge in [0.05, 0.1) is 11.5 Å². The maximum atomic E-state index is 13.8. The summed E-state index contributed by atoms with van der Waals surface area (Å²) in [6, 6.07) is 1.96. The van der Waals surface area contributed by atoms with Gasteiger partial charge in [-0.05, 0) is 44.5 Å². The number of piperidine rings is 1. The van der Waals surface area contributed by atoms with Crippen molar-refractivity contribution in [3.05, 3.63) is 35.1 Å². The number of carboxylic acid groups (broad SMARTS) is 1. The molecule has 22 heavy (non-hydrogen) atoms. The second kappa shape index (κ2) is 6.24. The molecular weight excluding hydrogens is 302 g/mol. The molecule has 7 heteroatoms. The van der Waals surface area contributed by atoms with E-state index in [0.29, 0.717) is 25.5 Å². The van der Waals surface area contributed by atoms with E-state index in [1.165, 1.54) is 0 Å². The molecule has 3 nitrogen and oxygen atoms in total. The third kappa shape index (κ3) is 3.58. The number of hydrogen-bond acceptors (Lipinski definition) is 2. The second-order valence-corrected chi connectivity index (χ2v) is 5.60. The Morgan fingerprint density at radius 1 is 1.41 bits per heavy atom. The smallest absolute Gasteiger partial charge is 0.416 e. The van der Waals surface area contributed by atoms with Crippen molar-refractivity contribution in [1.82, 2.24) is 4.90 Å². The van der Waals surface area contributed by atoms with Crippen molar-refractivity contribution in [2.45, 2.75) is 38.5 Å². The molecule has 1 aliphatic heterocycles. The summed E-state index contributed by atoms with van der Waals surface area (Å²) in [5, 5.41) is 9.15. The van der Waals surface area contributed by atoms with Crippen LogP contribution in [-0.4, -0.2) is 28.6 Å². The predicted octanol–water partition coefficient (Wildman–Crippen LogP) is 3.53. The van der Waals surface area contributed by atoms with Crippen molar-refractivity contribution in [2.24, 2.45) is 5.92 Å². The van der Waals surface area contributed by atoms with Gasteiger partial charge in [0.15, 0.2) is 0 Å². The lowest BCUT2D eigenvalue weighted by Gasteiger charge is -2.37. The third-order valence-corrected chi connectivity index (χ3v) is 4.18. The fourth-order valence-electron chi connectivity index (χ4n) is 2.86. The average Bonchev–Trinajstić information content (AvgIpc) is 2.41. The first kappa shape index (κ1) is 16.7. The van der Waals surface area contributed by atoms with Gasteiger partial charge in [0.2, 0.25) is 0 Å². The van der Waals surface area contributed by atoms with Gasteiger partial charge in [-0.25, -0.2) is 4.39 Å². The average molecular weight is 319 g/mol. The monoisotopic (exact) mass is 319 g/mol. The fourth-order valence-corrected chi connectivity index (χ4v) is 2.86. The molecule has 122 valence electrons. The maximum absolute atomic E-state index is 13.8. The van der Waals surface area contributed by atoms with Crippen LogP contribution in [-0.2, 0) is 17.5 Å². The predicted molar refractivity (Wildman–Crippen MR) is 71.6 cm³/mol. The zero-order valence-electron chi connectivity index (χ0n) is 12.0. The number of alkyl halides is 3. The Labute approximate surface area is 125 Å². The lowest BCUT2D eigenvalue weighted by atomic mass is 9.90. The maximum Gasteiger partial charge on any atom is 0.416 e. The van der Waals surface area contributed by atoms with E-state index in [0.717, 1.165) is 12.1 Å². The standard InChI is InChI=1S/C15H17F4NO2/c1-9-12(14(21)22)3-2-6-20(9)8-10-7-11(15(17,18)19)4-5-13(10)16/h4-5,7,9,12H,2-3,6,8H2,1H3,(H,21,22)/t9-,12-/m1/s1. The number of carbonyl (C=O) groups is 1. The van der Waals surface area contributed by atoms with E-state index in [1.54, 1.807) is 11.8 Å². The number of benzene rings is 1. The van der Waals surface area contributed by atoms with E-state index >= 15 is 0 Å². The Balaban J connectivity index is 2.21. The number of aliphatic carboxylic acids is 1. The van der Waals surface area contributed by atoms with Crippen LogP contribution in [0.5, 0.6) is 0 Å². The van der Waals surface area contributed by atoms with Gasteiger partial charge in [-0.3, -0.25) is 9.69 Å². The molecule has 0 aliphatic carbocycles. The van der Waals surface area contributed by atoms with Gasteiger partial charge in [-0.15, -0.1) is 0 Å². The Kier molecular flexibility index (Phi) is 4.75. The number of nitrogens with zero attached hydrogens (tertiary/aromatic N) is 1. The minimum absolute atomic E-state index is 0.0271. The summed E-state index contributed by atoms with van der Waals surface area (Å²) in [6.45, 7) is 2.23. The fraction of sp³-hybridized carbons (Fsp3) is 0.533. The van der Waals surface area contributed by atoms with Crippen LogP contribution < -0.4 is 0 Å². The first-order valence-electron chi connectivity index (χ1n) is 7.02. The molecule has 2 atom stereocenters. The molecule has 1 aliphatic rings. The summed E-state index contributed by atoms with van der Waals surface area (Å²) in [5.41, 5.74) is -0.962. The van der Waals surface area contributed by atoms with Crippen LogP contribution in [0.15, 0.2) is 18.2 Å².